The quantitative estimate of drug-likeness (QED) is 0.446. The van der Waals surface area contributed by atoms with Gasteiger partial charge >= 0.3 is 0 Å². The normalized spacial score (nSPS) is 20.8. The number of nitriles is 1. The van der Waals surface area contributed by atoms with Crippen LogP contribution in [0.15, 0.2) is 49.1 Å². The number of anilines is 2. The Bertz CT molecular complexity index is 1570. The number of carbonyl (C=O) groups excluding carboxylic acids is 1. The molecule has 2 atom stereocenters. The lowest BCUT2D eigenvalue weighted by molar-refractivity contribution is -0.126. The highest BCUT2D eigenvalue weighted by Gasteiger charge is 2.34. The van der Waals surface area contributed by atoms with E-state index in [1.807, 2.05) is 29.2 Å². The van der Waals surface area contributed by atoms with Gasteiger partial charge in [-0.3, -0.25) is 4.79 Å². The van der Waals surface area contributed by atoms with Crippen LogP contribution in [0.25, 0.3) is 10.8 Å². The zero-order chi connectivity index (χ0) is 29.4. The Morgan fingerprint density at radius 1 is 1.24 bits per heavy atom. The largest absolute Gasteiger partial charge is 0.508 e. The van der Waals surface area contributed by atoms with E-state index in [0.29, 0.717) is 56.7 Å². The lowest BCUT2D eigenvalue weighted by Crippen LogP contribution is -2.54. The predicted octanol–water partition coefficient (Wildman–Crippen LogP) is 4.07. The number of aromatic nitrogens is 1. The summed E-state index contributed by atoms with van der Waals surface area (Å²) in [7, 11) is 2.11. The molecule has 2 fully saturated rings. The van der Waals surface area contributed by atoms with E-state index < -0.39 is 0 Å². The second-order valence-corrected chi connectivity index (χ2v) is 11.7. The van der Waals surface area contributed by atoms with Crippen molar-refractivity contribution < 1.29 is 14.6 Å². The number of ether oxygens (including phenoxy) is 1. The van der Waals surface area contributed by atoms with Crippen molar-refractivity contribution in [2.45, 2.75) is 44.8 Å². The van der Waals surface area contributed by atoms with Gasteiger partial charge in [-0.2, -0.15) is 5.26 Å². The van der Waals surface area contributed by atoms with Gasteiger partial charge in [0.25, 0.3) is 0 Å². The molecule has 0 unspecified atom stereocenters. The molecule has 3 aliphatic heterocycles. The smallest absolute Gasteiger partial charge is 0.246 e. The summed E-state index contributed by atoms with van der Waals surface area (Å²) in [4.78, 5) is 26.0. The second-order valence-electron chi connectivity index (χ2n) is 11.7. The van der Waals surface area contributed by atoms with Crippen molar-refractivity contribution in [1.82, 2.24) is 14.8 Å². The molecule has 0 saturated carbocycles. The van der Waals surface area contributed by atoms with Crippen molar-refractivity contribution in [3.63, 3.8) is 0 Å². The minimum absolute atomic E-state index is 0.00288. The summed E-state index contributed by atoms with van der Waals surface area (Å²) in [6.07, 6.45) is 4.25. The van der Waals surface area contributed by atoms with Gasteiger partial charge in [-0.1, -0.05) is 30.8 Å². The second kappa shape index (κ2) is 11.5. The highest BCUT2D eigenvalue weighted by atomic mass is 16.5. The molecule has 1 amide bonds. The van der Waals surface area contributed by atoms with Crippen LogP contribution < -0.4 is 14.5 Å². The van der Waals surface area contributed by atoms with Crippen LogP contribution in [-0.2, 0) is 17.8 Å². The van der Waals surface area contributed by atoms with Crippen molar-refractivity contribution in [3.05, 3.63) is 65.9 Å². The molecule has 4 heterocycles. The number of nitrogens with zero attached hydrogens (tertiary/aromatic N) is 6. The van der Waals surface area contributed by atoms with E-state index in [1.165, 1.54) is 6.08 Å². The lowest BCUT2D eigenvalue weighted by atomic mass is 9.96. The van der Waals surface area contributed by atoms with Crippen LogP contribution in [0.3, 0.4) is 0 Å². The maximum absolute atomic E-state index is 12.4. The Labute approximate surface area is 247 Å². The van der Waals surface area contributed by atoms with Gasteiger partial charge in [-0.15, -0.1) is 0 Å². The van der Waals surface area contributed by atoms with E-state index in [0.717, 1.165) is 59.3 Å². The van der Waals surface area contributed by atoms with Crippen molar-refractivity contribution in [2.75, 3.05) is 56.2 Å². The Morgan fingerprint density at radius 2 is 2.07 bits per heavy atom. The summed E-state index contributed by atoms with van der Waals surface area (Å²) >= 11 is 0. The van der Waals surface area contributed by atoms with Gasteiger partial charge < -0.3 is 29.4 Å². The monoisotopic (exact) mass is 566 g/mol. The predicted molar refractivity (Wildman–Crippen MR) is 164 cm³/mol. The first-order chi connectivity index (χ1) is 20.4. The number of piperazine rings is 1. The van der Waals surface area contributed by atoms with Crippen molar-refractivity contribution in [3.8, 4) is 17.7 Å². The summed E-state index contributed by atoms with van der Waals surface area (Å²) in [6.45, 7) is 10.2. The van der Waals surface area contributed by atoms with Crippen LogP contribution in [0.5, 0.6) is 11.6 Å². The fourth-order valence-corrected chi connectivity index (χ4v) is 6.78. The van der Waals surface area contributed by atoms with Gasteiger partial charge in [-0.25, -0.2) is 4.98 Å². The van der Waals surface area contributed by atoms with E-state index in [-0.39, 0.29) is 17.7 Å². The van der Waals surface area contributed by atoms with E-state index in [4.69, 9.17) is 9.72 Å². The molecule has 42 heavy (non-hydrogen) atoms. The molecule has 0 spiro atoms. The SMILES string of the molecule is C=CC(=O)N1CCN(c2c(C#N)c(OC[C@@H]3CCCN3C)nc3c2CCN(c2cc(O)cc4ccccc24)C3)[C@@H](C)C1. The number of rotatable bonds is 6. The summed E-state index contributed by atoms with van der Waals surface area (Å²) in [5, 5.41) is 23.1. The standard InChI is InChI=1S/C33H38N6O3/c1-4-31(41)38-14-15-39(22(2)19-38)32-27-11-13-37(30-17-25(40)16-23-8-5-6-10-26(23)30)20-29(27)35-33(28(32)18-34)42-21-24-9-7-12-36(24)3/h4-6,8,10,16-17,22,24,40H,1,7,9,11-15,19-21H2,2-3H3/t22-,24-/m0/s1. The summed E-state index contributed by atoms with van der Waals surface area (Å²) in [5.74, 6) is 0.539. The molecule has 9 heteroatoms. The molecular formula is C33H38N6O3. The van der Waals surface area contributed by atoms with Gasteiger partial charge in [0.1, 0.15) is 24.0 Å². The molecule has 1 aromatic heterocycles. The maximum atomic E-state index is 12.4. The Kier molecular flexibility index (Phi) is 7.65. The minimum Gasteiger partial charge on any atom is -0.508 e. The van der Waals surface area contributed by atoms with Crippen molar-refractivity contribution in [1.29, 1.82) is 5.26 Å². The number of phenolic OH excluding ortho intramolecular Hbond substituents is 1. The fraction of sp³-hybridized carbons (Fsp3) is 0.424. The number of likely N-dealkylation sites (tertiary alicyclic amines) is 1. The lowest BCUT2D eigenvalue weighted by Gasteiger charge is -2.43. The van der Waals surface area contributed by atoms with Crippen LogP contribution in [0.1, 0.15) is 36.6 Å². The third-order valence-corrected chi connectivity index (χ3v) is 9.06. The molecule has 9 nitrogen and oxygen atoms in total. The zero-order valence-corrected chi connectivity index (χ0v) is 24.4. The number of aromatic hydroxyl groups is 1. The number of fused-ring (bicyclic) bond motifs is 2. The van der Waals surface area contributed by atoms with E-state index >= 15 is 0 Å². The summed E-state index contributed by atoms with van der Waals surface area (Å²) in [6, 6.07) is 14.4. The third-order valence-electron chi connectivity index (χ3n) is 9.06. The molecular weight excluding hydrogens is 528 g/mol. The van der Waals surface area contributed by atoms with Gasteiger partial charge in [0.2, 0.25) is 11.8 Å². The number of pyridine rings is 1. The molecule has 3 aliphatic rings. The molecule has 2 saturated heterocycles. The van der Waals surface area contributed by atoms with Crippen LogP contribution in [0, 0.1) is 11.3 Å². The molecule has 0 aliphatic carbocycles. The van der Waals surface area contributed by atoms with Gasteiger partial charge in [0.15, 0.2) is 0 Å². The fourth-order valence-electron chi connectivity index (χ4n) is 6.78. The van der Waals surface area contributed by atoms with E-state index in [9.17, 15) is 15.2 Å². The first kappa shape index (κ1) is 27.9. The topological polar surface area (TPSA) is 96.2 Å². The number of phenols is 1. The minimum atomic E-state index is -0.0718. The third kappa shape index (κ3) is 5.12. The highest BCUT2D eigenvalue weighted by molar-refractivity contribution is 5.96. The number of likely N-dealkylation sites (N-methyl/N-ethyl adjacent to an activating group) is 1. The molecule has 1 N–H and O–H groups in total. The zero-order valence-electron chi connectivity index (χ0n) is 24.4. The molecule has 0 radical (unpaired) electrons. The first-order valence-electron chi connectivity index (χ1n) is 14.8. The van der Waals surface area contributed by atoms with E-state index in [2.05, 4.69) is 47.4 Å². The molecule has 3 aromatic rings. The number of carbonyl (C=O) groups is 1. The van der Waals surface area contributed by atoms with Crippen LogP contribution in [0.2, 0.25) is 0 Å². The van der Waals surface area contributed by atoms with E-state index in [1.54, 1.807) is 6.07 Å². The number of amides is 1. The Morgan fingerprint density at radius 3 is 2.81 bits per heavy atom. The van der Waals surface area contributed by atoms with Gasteiger partial charge in [0, 0.05) is 61.0 Å². The Balaban J connectivity index is 1.40. The van der Waals surface area contributed by atoms with Crippen LogP contribution in [-0.4, -0.2) is 84.3 Å². The molecule has 2 aromatic carbocycles. The van der Waals surface area contributed by atoms with Gasteiger partial charge in [-0.05, 0) is 57.3 Å². The maximum Gasteiger partial charge on any atom is 0.246 e. The highest BCUT2D eigenvalue weighted by Crippen LogP contribution is 2.40. The summed E-state index contributed by atoms with van der Waals surface area (Å²) < 4.78 is 6.38. The molecule has 218 valence electrons. The number of benzene rings is 2. The van der Waals surface area contributed by atoms with Gasteiger partial charge in [0.05, 0.1) is 17.9 Å². The summed E-state index contributed by atoms with van der Waals surface area (Å²) in [5.41, 5.74) is 4.27. The van der Waals surface area contributed by atoms with Crippen LogP contribution >= 0.6 is 0 Å². The van der Waals surface area contributed by atoms with Crippen molar-refractivity contribution >= 4 is 28.1 Å². The first-order valence-corrected chi connectivity index (χ1v) is 14.8. The Hall–Kier alpha value is -4.29. The molecule has 6 rings (SSSR count). The average Bonchev–Trinajstić information content (AvgIpc) is 3.42. The molecule has 0 bridgehead atoms. The van der Waals surface area contributed by atoms with Crippen molar-refractivity contribution in [2.24, 2.45) is 0 Å². The number of hydrogen-bond donors (Lipinski definition) is 1. The average molecular weight is 567 g/mol. The number of hydrogen-bond acceptors (Lipinski definition) is 8. The van der Waals surface area contributed by atoms with Crippen LogP contribution in [0.4, 0.5) is 11.4 Å².